The van der Waals surface area contributed by atoms with Crippen LogP contribution >= 0.6 is 0 Å². The second-order valence-corrected chi connectivity index (χ2v) is 10.4. The molecule has 1 N–H and O–H groups in total. The minimum absolute atomic E-state index is 0.00642. The number of carbonyl (C=O) groups excluding carboxylic acids is 1. The van der Waals surface area contributed by atoms with E-state index < -0.39 is 15.9 Å². The van der Waals surface area contributed by atoms with Crippen LogP contribution in [-0.2, 0) is 15.6 Å². The number of amides is 2. The SMILES string of the molecule is O=C(NC1CS(=O)(=O)Cc2ccccc21)N1CCC2(CCCCC2)CC1. The van der Waals surface area contributed by atoms with Gasteiger partial charge < -0.3 is 10.2 Å². The Balaban J connectivity index is 1.42. The zero-order chi connectivity index (χ0) is 18.2. The summed E-state index contributed by atoms with van der Waals surface area (Å²) in [6.07, 6.45) is 8.76. The molecular weight excluding hydrogens is 348 g/mol. The number of hydrogen-bond acceptors (Lipinski definition) is 3. The van der Waals surface area contributed by atoms with E-state index in [1.807, 2.05) is 29.2 Å². The average Bonchev–Trinajstić information content (AvgIpc) is 2.62. The molecule has 1 saturated carbocycles. The number of fused-ring (bicyclic) bond motifs is 1. The van der Waals surface area contributed by atoms with Gasteiger partial charge in [0.2, 0.25) is 0 Å². The van der Waals surface area contributed by atoms with E-state index in [1.54, 1.807) is 0 Å². The van der Waals surface area contributed by atoms with Crippen molar-refractivity contribution in [3.8, 4) is 0 Å². The lowest BCUT2D eigenvalue weighted by atomic mass is 9.68. The highest BCUT2D eigenvalue weighted by Crippen LogP contribution is 2.44. The third kappa shape index (κ3) is 3.61. The van der Waals surface area contributed by atoms with Gasteiger partial charge in [-0.05, 0) is 42.2 Å². The first-order chi connectivity index (χ1) is 12.5. The Morgan fingerprint density at radius 1 is 1.04 bits per heavy atom. The van der Waals surface area contributed by atoms with E-state index in [-0.39, 0.29) is 17.5 Å². The van der Waals surface area contributed by atoms with Gasteiger partial charge in [-0.15, -0.1) is 0 Å². The normalized spacial score (nSPS) is 26.9. The quantitative estimate of drug-likeness (QED) is 0.817. The number of nitrogens with one attached hydrogen (secondary N) is 1. The minimum atomic E-state index is -3.18. The van der Waals surface area contributed by atoms with Gasteiger partial charge in [-0.3, -0.25) is 0 Å². The Kier molecular flexibility index (Phi) is 4.71. The van der Waals surface area contributed by atoms with Gasteiger partial charge in [-0.2, -0.15) is 0 Å². The Morgan fingerprint density at radius 3 is 2.46 bits per heavy atom. The molecule has 0 radical (unpaired) electrons. The molecule has 26 heavy (non-hydrogen) atoms. The molecule has 1 saturated heterocycles. The van der Waals surface area contributed by atoms with Gasteiger partial charge >= 0.3 is 6.03 Å². The summed E-state index contributed by atoms with van der Waals surface area (Å²) in [4.78, 5) is 14.7. The third-order valence-corrected chi connectivity index (χ3v) is 8.14. The largest absolute Gasteiger partial charge is 0.330 e. The Labute approximate surface area is 156 Å². The first-order valence-electron chi connectivity index (χ1n) is 9.80. The zero-order valence-electron chi connectivity index (χ0n) is 15.2. The lowest BCUT2D eigenvalue weighted by molar-refractivity contribution is 0.0805. The molecule has 1 aromatic carbocycles. The monoisotopic (exact) mass is 376 g/mol. The Morgan fingerprint density at radius 2 is 1.73 bits per heavy atom. The molecule has 0 bridgehead atoms. The number of piperidine rings is 1. The second-order valence-electron chi connectivity index (χ2n) is 8.30. The molecular formula is C20H28N2O3S. The highest BCUT2D eigenvalue weighted by Gasteiger charge is 2.38. The van der Waals surface area contributed by atoms with Crippen molar-refractivity contribution < 1.29 is 13.2 Å². The number of sulfone groups is 1. The molecule has 1 aliphatic carbocycles. The number of urea groups is 1. The topological polar surface area (TPSA) is 66.5 Å². The predicted octanol–water partition coefficient (Wildman–Crippen LogP) is 3.41. The van der Waals surface area contributed by atoms with Crippen LogP contribution in [0, 0.1) is 5.41 Å². The smallest absolute Gasteiger partial charge is 0.317 e. The van der Waals surface area contributed by atoms with Crippen molar-refractivity contribution in [3.05, 3.63) is 35.4 Å². The molecule has 1 atom stereocenters. The molecule has 6 heteroatoms. The van der Waals surface area contributed by atoms with Crippen molar-refractivity contribution in [2.75, 3.05) is 18.8 Å². The van der Waals surface area contributed by atoms with Gasteiger partial charge in [0.25, 0.3) is 0 Å². The van der Waals surface area contributed by atoms with Crippen LogP contribution in [0.4, 0.5) is 4.79 Å². The number of hydrogen-bond donors (Lipinski definition) is 1. The standard InChI is InChI=1S/C20H28N2O3S/c23-19(22-12-10-20(11-13-22)8-4-1-5-9-20)21-18-15-26(24,25)14-16-6-2-3-7-17(16)18/h2-3,6-7,18H,1,4-5,8-15H2,(H,21,23). The van der Waals surface area contributed by atoms with Crippen LogP contribution in [0.1, 0.15) is 62.1 Å². The van der Waals surface area contributed by atoms with Gasteiger partial charge in [0.05, 0.1) is 17.5 Å². The minimum Gasteiger partial charge on any atom is -0.330 e. The second kappa shape index (κ2) is 6.87. The maximum Gasteiger partial charge on any atom is 0.317 e. The Bertz CT molecular complexity index is 774. The number of nitrogens with zero attached hydrogens (tertiary/aromatic N) is 1. The van der Waals surface area contributed by atoms with E-state index in [4.69, 9.17) is 0 Å². The summed E-state index contributed by atoms with van der Waals surface area (Å²) < 4.78 is 24.4. The summed E-state index contributed by atoms with van der Waals surface area (Å²) >= 11 is 0. The molecule has 0 aromatic heterocycles. The molecule has 2 heterocycles. The molecule has 1 spiro atoms. The van der Waals surface area contributed by atoms with Crippen LogP contribution in [-0.4, -0.2) is 38.2 Å². The van der Waals surface area contributed by atoms with E-state index >= 15 is 0 Å². The van der Waals surface area contributed by atoms with Crippen LogP contribution in [0.15, 0.2) is 24.3 Å². The van der Waals surface area contributed by atoms with Gasteiger partial charge in [0.1, 0.15) is 0 Å². The van der Waals surface area contributed by atoms with Crippen molar-refractivity contribution in [3.63, 3.8) is 0 Å². The highest BCUT2D eigenvalue weighted by molar-refractivity contribution is 7.90. The zero-order valence-corrected chi connectivity index (χ0v) is 16.1. The van der Waals surface area contributed by atoms with Crippen molar-refractivity contribution in [2.45, 2.75) is 56.7 Å². The average molecular weight is 377 g/mol. The van der Waals surface area contributed by atoms with Gasteiger partial charge in [0.15, 0.2) is 9.84 Å². The summed E-state index contributed by atoms with van der Waals surface area (Å²) in [6, 6.07) is 6.98. The molecule has 2 aliphatic heterocycles. The van der Waals surface area contributed by atoms with Gasteiger partial charge in [0, 0.05) is 13.1 Å². The molecule has 4 rings (SSSR count). The third-order valence-electron chi connectivity index (χ3n) is 6.55. The van der Waals surface area contributed by atoms with Crippen molar-refractivity contribution in [2.24, 2.45) is 5.41 Å². The van der Waals surface area contributed by atoms with Gasteiger partial charge in [-0.25, -0.2) is 13.2 Å². The maximum atomic E-state index is 12.8. The van der Waals surface area contributed by atoms with Crippen molar-refractivity contribution in [1.82, 2.24) is 10.2 Å². The fraction of sp³-hybridized carbons (Fsp3) is 0.650. The number of carbonyl (C=O) groups is 1. The van der Waals surface area contributed by atoms with Gasteiger partial charge in [-0.1, -0.05) is 43.5 Å². The predicted molar refractivity (Wildman–Crippen MR) is 102 cm³/mol. The van der Waals surface area contributed by atoms with E-state index in [9.17, 15) is 13.2 Å². The first kappa shape index (κ1) is 17.8. The summed E-state index contributed by atoms with van der Waals surface area (Å²) in [7, 11) is -3.18. The fourth-order valence-corrected chi connectivity index (χ4v) is 6.62. The molecule has 2 amide bonds. The summed E-state index contributed by atoms with van der Waals surface area (Å²) in [5, 5.41) is 3.00. The van der Waals surface area contributed by atoms with Crippen molar-refractivity contribution in [1.29, 1.82) is 0 Å². The Hall–Kier alpha value is -1.56. The number of rotatable bonds is 1. The fourth-order valence-electron chi connectivity index (χ4n) is 4.99. The molecule has 2 fully saturated rings. The molecule has 1 aromatic rings. The summed E-state index contributed by atoms with van der Waals surface area (Å²) in [6.45, 7) is 1.57. The summed E-state index contributed by atoms with van der Waals surface area (Å²) in [5.41, 5.74) is 2.20. The van der Waals surface area contributed by atoms with Crippen LogP contribution in [0.2, 0.25) is 0 Å². The lowest BCUT2D eigenvalue weighted by Crippen LogP contribution is -2.49. The van der Waals surface area contributed by atoms with E-state index in [2.05, 4.69) is 5.32 Å². The molecule has 5 nitrogen and oxygen atoms in total. The summed E-state index contributed by atoms with van der Waals surface area (Å²) in [5.74, 6) is 0.0648. The van der Waals surface area contributed by atoms with Crippen LogP contribution in [0.3, 0.4) is 0 Å². The van der Waals surface area contributed by atoms with Crippen LogP contribution < -0.4 is 5.32 Å². The van der Waals surface area contributed by atoms with E-state index in [0.717, 1.165) is 37.1 Å². The van der Waals surface area contributed by atoms with Crippen LogP contribution in [0.5, 0.6) is 0 Å². The number of benzene rings is 1. The van der Waals surface area contributed by atoms with Crippen LogP contribution in [0.25, 0.3) is 0 Å². The maximum absolute atomic E-state index is 12.8. The highest BCUT2D eigenvalue weighted by atomic mass is 32.2. The van der Waals surface area contributed by atoms with Crippen molar-refractivity contribution >= 4 is 15.9 Å². The lowest BCUT2D eigenvalue weighted by Gasteiger charge is -2.44. The van der Waals surface area contributed by atoms with E-state index in [1.165, 1.54) is 32.1 Å². The molecule has 3 aliphatic rings. The van der Waals surface area contributed by atoms with E-state index in [0.29, 0.717) is 5.41 Å². The first-order valence-corrected chi connectivity index (χ1v) is 11.6. The number of likely N-dealkylation sites (tertiary alicyclic amines) is 1. The molecule has 142 valence electrons. The molecule has 1 unspecified atom stereocenters.